The summed E-state index contributed by atoms with van der Waals surface area (Å²) in [4.78, 5) is 15.3. The van der Waals surface area contributed by atoms with Crippen LogP contribution in [0.15, 0.2) is 12.1 Å². The van der Waals surface area contributed by atoms with Gasteiger partial charge in [0.05, 0.1) is 10.4 Å². The highest BCUT2D eigenvalue weighted by Gasteiger charge is 2.24. The Hall–Kier alpha value is -1.39. The molecule has 0 amide bonds. The number of pyridine rings is 1. The summed E-state index contributed by atoms with van der Waals surface area (Å²) in [5.74, 6) is 0.252. The Labute approximate surface area is 126 Å². The third-order valence-electron chi connectivity index (χ3n) is 3.01. The van der Waals surface area contributed by atoms with Crippen molar-refractivity contribution in [3.8, 4) is 0 Å². The second-order valence-electron chi connectivity index (χ2n) is 5.20. The molecule has 1 heterocycles. The highest BCUT2D eigenvalue weighted by Crippen LogP contribution is 2.37. The average molecular weight is 313 g/mol. The Bertz CT molecular complexity index is 699. The molecule has 0 radical (unpaired) electrons. The van der Waals surface area contributed by atoms with E-state index in [1.165, 1.54) is 0 Å². The highest BCUT2D eigenvalue weighted by atomic mass is 35.5. The van der Waals surface area contributed by atoms with Gasteiger partial charge in [0.15, 0.2) is 0 Å². The quantitative estimate of drug-likeness (QED) is 0.594. The minimum Gasteiger partial charge on any atom is -0.258 e. The lowest BCUT2D eigenvalue weighted by molar-refractivity contribution is -0.385. The van der Waals surface area contributed by atoms with Crippen molar-refractivity contribution in [2.75, 3.05) is 0 Å². The molecule has 0 N–H and O–H groups in total. The molecule has 0 bridgehead atoms. The van der Waals surface area contributed by atoms with Crippen molar-refractivity contribution in [1.29, 1.82) is 0 Å². The van der Waals surface area contributed by atoms with Crippen LogP contribution in [0.3, 0.4) is 0 Å². The van der Waals surface area contributed by atoms with Crippen LogP contribution >= 0.6 is 23.2 Å². The monoisotopic (exact) mass is 312 g/mol. The second kappa shape index (κ2) is 5.54. The Balaban J connectivity index is 2.85. The molecular formula is C14H14Cl2N2O2. The molecule has 0 aliphatic heterocycles. The van der Waals surface area contributed by atoms with E-state index in [0.717, 1.165) is 5.56 Å². The van der Waals surface area contributed by atoms with E-state index in [1.807, 2.05) is 20.8 Å². The Morgan fingerprint density at radius 3 is 2.55 bits per heavy atom. The second-order valence-corrected chi connectivity index (χ2v) is 6.01. The molecule has 2 rings (SSSR count). The van der Waals surface area contributed by atoms with Gasteiger partial charge in [0.2, 0.25) is 0 Å². The van der Waals surface area contributed by atoms with E-state index in [2.05, 4.69) is 4.98 Å². The summed E-state index contributed by atoms with van der Waals surface area (Å²) in [6.45, 7) is 5.83. The molecule has 1 aromatic heterocycles. The summed E-state index contributed by atoms with van der Waals surface area (Å²) in [5.41, 5.74) is 1.83. The van der Waals surface area contributed by atoms with Crippen molar-refractivity contribution in [2.45, 2.75) is 27.2 Å². The Morgan fingerprint density at radius 1 is 1.35 bits per heavy atom. The number of aryl methyl sites for hydroxylation is 1. The van der Waals surface area contributed by atoms with E-state index in [9.17, 15) is 10.1 Å². The molecule has 0 aliphatic carbocycles. The van der Waals surface area contributed by atoms with Crippen LogP contribution in [-0.2, 0) is 6.42 Å². The maximum Gasteiger partial charge on any atom is 0.309 e. The number of fused-ring (bicyclic) bond motifs is 1. The summed E-state index contributed by atoms with van der Waals surface area (Å²) in [6.07, 6.45) is 0.508. The lowest BCUT2D eigenvalue weighted by atomic mass is 10.0. The summed E-state index contributed by atoms with van der Waals surface area (Å²) < 4.78 is 0. The summed E-state index contributed by atoms with van der Waals surface area (Å²) in [7, 11) is 0. The minimum atomic E-state index is -0.470. The fraction of sp³-hybridized carbons (Fsp3) is 0.357. The highest BCUT2D eigenvalue weighted by molar-refractivity contribution is 6.38. The van der Waals surface area contributed by atoms with Crippen molar-refractivity contribution >= 4 is 39.8 Å². The zero-order chi connectivity index (χ0) is 15.0. The van der Waals surface area contributed by atoms with Crippen LogP contribution in [0, 0.1) is 23.0 Å². The fourth-order valence-electron chi connectivity index (χ4n) is 2.21. The summed E-state index contributed by atoms with van der Waals surface area (Å²) in [6, 6.07) is 3.39. The van der Waals surface area contributed by atoms with Crippen LogP contribution < -0.4 is 0 Å². The van der Waals surface area contributed by atoms with E-state index in [0.29, 0.717) is 28.0 Å². The molecule has 1 aromatic carbocycles. The van der Waals surface area contributed by atoms with Crippen molar-refractivity contribution in [3.05, 3.63) is 43.5 Å². The number of nitro groups is 1. The van der Waals surface area contributed by atoms with E-state index >= 15 is 0 Å². The average Bonchev–Trinajstić information content (AvgIpc) is 2.29. The zero-order valence-electron chi connectivity index (χ0n) is 11.4. The maximum atomic E-state index is 11.3. The van der Waals surface area contributed by atoms with Gasteiger partial charge in [-0.15, -0.1) is 0 Å². The molecule has 0 atom stereocenters. The lowest BCUT2D eigenvalue weighted by Gasteiger charge is -2.11. The summed E-state index contributed by atoms with van der Waals surface area (Å²) in [5, 5.41) is 12.4. The number of nitrogens with zero attached hydrogens (tertiary/aromatic N) is 2. The smallest absolute Gasteiger partial charge is 0.258 e. The fourth-order valence-corrected chi connectivity index (χ4v) is 2.80. The Morgan fingerprint density at radius 2 is 2.00 bits per heavy atom. The SMILES string of the molecule is Cc1cc(Cl)cc2c(Cl)c([N+](=O)[O-])c(CC(C)C)nc12. The molecule has 20 heavy (non-hydrogen) atoms. The van der Waals surface area contributed by atoms with Gasteiger partial charge in [-0.1, -0.05) is 37.0 Å². The van der Waals surface area contributed by atoms with Crippen molar-refractivity contribution in [1.82, 2.24) is 4.98 Å². The van der Waals surface area contributed by atoms with Gasteiger partial charge in [0, 0.05) is 10.4 Å². The van der Waals surface area contributed by atoms with Gasteiger partial charge in [-0.25, -0.2) is 4.98 Å². The van der Waals surface area contributed by atoms with Gasteiger partial charge in [0.25, 0.3) is 0 Å². The van der Waals surface area contributed by atoms with Gasteiger partial charge < -0.3 is 0 Å². The van der Waals surface area contributed by atoms with E-state index < -0.39 is 4.92 Å². The van der Waals surface area contributed by atoms with Gasteiger partial charge in [-0.3, -0.25) is 10.1 Å². The standard InChI is InChI=1S/C14H14Cl2N2O2/c1-7(2)4-11-14(18(19)20)12(16)10-6-9(15)5-8(3)13(10)17-11/h5-7H,4H2,1-3H3. The van der Waals surface area contributed by atoms with Crippen molar-refractivity contribution in [3.63, 3.8) is 0 Å². The molecule has 106 valence electrons. The van der Waals surface area contributed by atoms with Gasteiger partial charge in [-0.2, -0.15) is 0 Å². The molecule has 0 spiro atoms. The molecule has 6 heteroatoms. The van der Waals surface area contributed by atoms with Crippen LogP contribution in [0.25, 0.3) is 10.9 Å². The number of benzene rings is 1. The molecule has 2 aromatic rings. The first-order chi connectivity index (χ1) is 9.31. The van der Waals surface area contributed by atoms with E-state index in [-0.39, 0.29) is 16.6 Å². The van der Waals surface area contributed by atoms with Crippen LogP contribution in [0.5, 0.6) is 0 Å². The topological polar surface area (TPSA) is 56.0 Å². The number of hydrogen-bond acceptors (Lipinski definition) is 3. The van der Waals surface area contributed by atoms with Crippen LogP contribution in [0.1, 0.15) is 25.1 Å². The van der Waals surface area contributed by atoms with Crippen LogP contribution in [-0.4, -0.2) is 9.91 Å². The molecule has 0 fully saturated rings. The molecule has 0 aliphatic rings. The first-order valence-electron chi connectivity index (χ1n) is 6.24. The lowest BCUT2D eigenvalue weighted by Crippen LogP contribution is -2.05. The predicted molar refractivity (Wildman–Crippen MR) is 81.7 cm³/mol. The number of hydrogen-bond donors (Lipinski definition) is 0. The first kappa shape index (κ1) is 15.0. The van der Waals surface area contributed by atoms with Gasteiger partial charge in [0.1, 0.15) is 10.7 Å². The molecule has 0 saturated heterocycles. The van der Waals surface area contributed by atoms with Crippen LogP contribution in [0.4, 0.5) is 5.69 Å². The van der Waals surface area contributed by atoms with Crippen molar-refractivity contribution in [2.24, 2.45) is 5.92 Å². The number of rotatable bonds is 3. The third-order valence-corrected chi connectivity index (χ3v) is 3.61. The molecule has 0 saturated carbocycles. The number of halogens is 2. The largest absolute Gasteiger partial charge is 0.309 e. The zero-order valence-corrected chi connectivity index (χ0v) is 12.9. The van der Waals surface area contributed by atoms with E-state index in [1.54, 1.807) is 12.1 Å². The summed E-state index contributed by atoms with van der Waals surface area (Å²) >= 11 is 12.2. The number of aromatic nitrogens is 1. The third kappa shape index (κ3) is 2.72. The minimum absolute atomic E-state index is 0.112. The predicted octanol–water partition coefficient (Wildman–Crippen LogP) is 4.96. The van der Waals surface area contributed by atoms with Gasteiger partial charge >= 0.3 is 5.69 Å². The molecule has 0 unspecified atom stereocenters. The molecular weight excluding hydrogens is 299 g/mol. The first-order valence-corrected chi connectivity index (χ1v) is 6.99. The van der Waals surface area contributed by atoms with Crippen molar-refractivity contribution < 1.29 is 4.92 Å². The molecule has 4 nitrogen and oxygen atoms in total. The van der Waals surface area contributed by atoms with Crippen LogP contribution in [0.2, 0.25) is 10.0 Å². The Kier molecular flexibility index (Phi) is 4.16. The van der Waals surface area contributed by atoms with Gasteiger partial charge in [-0.05, 0) is 37.0 Å². The van der Waals surface area contributed by atoms with E-state index in [4.69, 9.17) is 23.2 Å². The maximum absolute atomic E-state index is 11.3. The normalized spacial score (nSPS) is 11.3.